The maximum Gasteiger partial charge on any atom is 0.145 e. The summed E-state index contributed by atoms with van der Waals surface area (Å²) >= 11 is 0. The lowest BCUT2D eigenvalue weighted by Crippen LogP contribution is -2.35. The number of aromatic nitrogens is 1. The SMILES string of the molecule is COc1cncc(OC)c1C1CCN1. The van der Waals surface area contributed by atoms with Crippen LogP contribution in [0.4, 0.5) is 0 Å². The Balaban J connectivity index is 2.39. The Morgan fingerprint density at radius 2 is 1.86 bits per heavy atom. The lowest BCUT2D eigenvalue weighted by atomic mass is 9.97. The van der Waals surface area contributed by atoms with Crippen molar-refractivity contribution in [3.05, 3.63) is 18.0 Å². The van der Waals surface area contributed by atoms with Gasteiger partial charge < -0.3 is 14.8 Å². The van der Waals surface area contributed by atoms with Gasteiger partial charge in [0, 0.05) is 6.04 Å². The number of hydrogen-bond donors (Lipinski definition) is 1. The molecular weight excluding hydrogens is 180 g/mol. The highest BCUT2D eigenvalue weighted by Crippen LogP contribution is 2.36. The van der Waals surface area contributed by atoms with Gasteiger partial charge in [-0.2, -0.15) is 0 Å². The third-order valence-electron chi connectivity index (χ3n) is 2.53. The molecule has 2 heterocycles. The van der Waals surface area contributed by atoms with E-state index >= 15 is 0 Å². The molecule has 76 valence electrons. The minimum absolute atomic E-state index is 0.350. The average Bonchev–Trinajstić information content (AvgIpc) is 2.15. The van der Waals surface area contributed by atoms with E-state index in [-0.39, 0.29) is 0 Å². The molecule has 1 aliphatic heterocycles. The third-order valence-corrected chi connectivity index (χ3v) is 2.53. The maximum atomic E-state index is 5.26. The van der Waals surface area contributed by atoms with Crippen LogP contribution in [0.1, 0.15) is 18.0 Å². The Morgan fingerprint density at radius 3 is 2.21 bits per heavy atom. The van der Waals surface area contributed by atoms with Crippen LogP contribution < -0.4 is 14.8 Å². The van der Waals surface area contributed by atoms with Crippen LogP contribution in [-0.4, -0.2) is 25.7 Å². The van der Waals surface area contributed by atoms with Gasteiger partial charge in [0.15, 0.2) is 0 Å². The van der Waals surface area contributed by atoms with E-state index in [9.17, 15) is 0 Å². The van der Waals surface area contributed by atoms with Crippen LogP contribution in [0, 0.1) is 0 Å². The summed E-state index contributed by atoms with van der Waals surface area (Å²) < 4.78 is 10.5. The van der Waals surface area contributed by atoms with Crippen molar-refractivity contribution in [2.24, 2.45) is 0 Å². The lowest BCUT2D eigenvalue weighted by Gasteiger charge is -2.30. The van der Waals surface area contributed by atoms with Gasteiger partial charge in [-0.05, 0) is 13.0 Å². The van der Waals surface area contributed by atoms with Crippen molar-refractivity contribution >= 4 is 0 Å². The Morgan fingerprint density at radius 1 is 1.29 bits per heavy atom. The van der Waals surface area contributed by atoms with Crippen LogP contribution in [0.15, 0.2) is 12.4 Å². The van der Waals surface area contributed by atoms with Crippen LogP contribution in [0.5, 0.6) is 11.5 Å². The fourth-order valence-corrected chi connectivity index (χ4v) is 1.64. The molecule has 0 amide bonds. The van der Waals surface area contributed by atoms with Gasteiger partial charge in [0.2, 0.25) is 0 Å². The Labute approximate surface area is 83.2 Å². The van der Waals surface area contributed by atoms with Crippen molar-refractivity contribution in [2.75, 3.05) is 20.8 Å². The van der Waals surface area contributed by atoms with Crippen LogP contribution >= 0.6 is 0 Å². The highest BCUT2D eigenvalue weighted by Gasteiger charge is 2.25. The van der Waals surface area contributed by atoms with Crippen LogP contribution in [0.3, 0.4) is 0 Å². The summed E-state index contributed by atoms with van der Waals surface area (Å²) in [4.78, 5) is 4.05. The maximum absolute atomic E-state index is 5.26. The molecule has 4 heteroatoms. The standard InChI is InChI=1S/C10H14N2O2/c1-13-8-5-11-6-9(14-2)10(8)7-3-4-12-7/h5-7,12H,3-4H2,1-2H3. The first kappa shape index (κ1) is 9.27. The number of pyridine rings is 1. The van der Waals surface area contributed by atoms with Gasteiger partial charge in [0.05, 0.1) is 32.2 Å². The summed E-state index contributed by atoms with van der Waals surface area (Å²) in [6, 6.07) is 0.350. The molecule has 4 nitrogen and oxygen atoms in total. The van der Waals surface area contributed by atoms with Gasteiger partial charge in [-0.15, -0.1) is 0 Å². The molecule has 1 unspecified atom stereocenters. The second-order valence-corrected chi connectivity index (χ2v) is 3.25. The molecule has 1 aromatic rings. The minimum Gasteiger partial charge on any atom is -0.495 e. The first-order valence-corrected chi connectivity index (χ1v) is 4.66. The number of hydrogen-bond acceptors (Lipinski definition) is 4. The number of nitrogens with zero attached hydrogens (tertiary/aromatic N) is 1. The molecule has 0 spiro atoms. The first-order chi connectivity index (χ1) is 6.86. The minimum atomic E-state index is 0.350. The average molecular weight is 194 g/mol. The van der Waals surface area contributed by atoms with Gasteiger partial charge in [0.25, 0.3) is 0 Å². The molecule has 1 aromatic heterocycles. The molecular formula is C10H14N2O2. The highest BCUT2D eigenvalue weighted by atomic mass is 16.5. The molecule has 0 aliphatic carbocycles. The second kappa shape index (κ2) is 3.84. The molecule has 0 bridgehead atoms. The van der Waals surface area contributed by atoms with Crippen LogP contribution in [-0.2, 0) is 0 Å². The fourth-order valence-electron chi connectivity index (χ4n) is 1.64. The number of methoxy groups -OCH3 is 2. The number of nitrogens with one attached hydrogen (secondary N) is 1. The zero-order chi connectivity index (χ0) is 9.97. The highest BCUT2D eigenvalue weighted by molar-refractivity contribution is 5.44. The molecule has 0 saturated carbocycles. The van der Waals surface area contributed by atoms with Crippen molar-refractivity contribution in [1.29, 1.82) is 0 Å². The molecule has 1 aliphatic rings. The third kappa shape index (κ3) is 1.42. The van der Waals surface area contributed by atoms with E-state index in [0.29, 0.717) is 6.04 Å². The Bertz CT molecular complexity index is 302. The number of rotatable bonds is 3. The van der Waals surface area contributed by atoms with E-state index < -0.39 is 0 Å². The van der Waals surface area contributed by atoms with Gasteiger partial charge >= 0.3 is 0 Å². The molecule has 2 rings (SSSR count). The van der Waals surface area contributed by atoms with Crippen LogP contribution in [0.25, 0.3) is 0 Å². The zero-order valence-electron chi connectivity index (χ0n) is 8.41. The van der Waals surface area contributed by atoms with Gasteiger partial charge in [-0.1, -0.05) is 0 Å². The first-order valence-electron chi connectivity index (χ1n) is 4.66. The van der Waals surface area contributed by atoms with E-state index in [2.05, 4.69) is 10.3 Å². The van der Waals surface area contributed by atoms with E-state index in [4.69, 9.17) is 9.47 Å². The van der Waals surface area contributed by atoms with Crippen molar-refractivity contribution in [3.8, 4) is 11.5 Å². The smallest absolute Gasteiger partial charge is 0.145 e. The molecule has 1 atom stereocenters. The molecule has 14 heavy (non-hydrogen) atoms. The summed E-state index contributed by atoms with van der Waals surface area (Å²) in [5, 5.41) is 3.32. The molecule has 1 saturated heterocycles. The Kier molecular flexibility index (Phi) is 2.54. The van der Waals surface area contributed by atoms with E-state index in [1.165, 1.54) is 0 Å². The topological polar surface area (TPSA) is 43.4 Å². The summed E-state index contributed by atoms with van der Waals surface area (Å²) in [6.45, 7) is 1.05. The van der Waals surface area contributed by atoms with Gasteiger partial charge in [-0.3, -0.25) is 4.98 Å². The van der Waals surface area contributed by atoms with E-state index in [0.717, 1.165) is 30.0 Å². The molecule has 1 N–H and O–H groups in total. The predicted molar refractivity (Wildman–Crippen MR) is 52.7 cm³/mol. The summed E-state index contributed by atoms with van der Waals surface area (Å²) in [5.74, 6) is 1.59. The summed E-state index contributed by atoms with van der Waals surface area (Å²) in [7, 11) is 3.30. The largest absolute Gasteiger partial charge is 0.495 e. The number of ether oxygens (including phenoxy) is 2. The van der Waals surface area contributed by atoms with Crippen LogP contribution in [0.2, 0.25) is 0 Å². The zero-order valence-corrected chi connectivity index (χ0v) is 8.41. The summed E-state index contributed by atoms with van der Waals surface area (Å²) in [5.41, 5.74) is 1.08. The van der Waals surface area contributed by atoms with Crippen molar-refractivity contribution in [2.45, 2.75) is 12.5 Å². The molecule has 0 radical (unpaired) electrons. The Hall–Kier alpha value is -1.29. The fraction of sp³-hybridized carbons (Fsp3) is 0.500. The van der Waals surface area contributed by atoms with E-state index in [1.807, 2.05) is 0 Å². The normalized spacial score (nSPS) is 20.0. The van der Waals surface area contributed by atoms with Crippen molar-refractivity contribution < 1.29 is 9.47 Å². The quantitative estimate of drug-likeness (QED) is 0.783. The van der Waals surface area contributed by atoms with Crippen molar-refractivity contribution in [3.63, 3.8) is 0 Å². The molecule has 0 aromatic carbocycles. The monoisotopic (exact) mass is 194 g/mol. The lowest BCUT2D eigenvalue weighted by molar-refractivity contribution is 0.328. The van der Waals surface area contributed by atoms with E-state index in [1.54, 1.807) is 26.6 Å². The van der Waals surface area contributed by atoms with Gasteiger partial charge in [0.1, 0.15) is 11.5 Å². The summed E-state index contributed by atoms with van der Waals surface area (Å²) in [6.07, 6.45) is 4.56. The van der Waals surface area contributed by atoms with Gasteiger partial charge in [-0.25, -0.2) is 0 Å². The molecule has 1 fully saturated rings. The predicted octanol–water partition coefficient (Wildman–Crippen LogP) is 1.13. The second-order valence-electron chi connectivity index (χ2n) is 3.25. The van der Waals surface area contributed by atoms with Crippen molar-refractivity contribution in [1.82, 2.24) is 10.3 Å².